The summed E-state index contributed by atoms with van der Waals surface area (Å²) in [6.07, 6.45) is 0.426. The van der Waals surface area contributed by atoms with Crippen molar-refractivity contribution in [1.82, 2.24) is 4.90 Å². The van der Waals surface area contributed by atoms with Crippen molar-refractivity contribution in [2.45, 2.75) is 40.2 Å². The third kappa shape index (κ3) is 4.25. The molecule has 0 spiro atoms. The maximum Gasteiger partial charge on any atom is 0.225 e. The van der Waals surface area contributed by atoms with E-state index in [2.05, 4.69) is 20.8 Å². The van der Waals surface area contributed by atoms with Crippen molar-refractivity contribution >= 4 is 5.91 Å². The van der Waals surface area contributed by atoms with E-state index in [1.807, 2.05) is 33.0 Å². The zero-order chi connectivity index (χ0) is 14.1. The zero-order valence-electron chi connectivity index (χ0n) is 13.0. The molecule has 4 heteroatoms. The third-order valence-electron chi connectivity index (χ3n) is 3.74. The molecule has 106 valence electrons. The highest BCUT2D eigenvalue weighted by Gasteiger charge is 2.38. The van der Waals surface area contributed by atoms with E-state index >= 15 is 0 Å². The first-order valence-electron chi connectivity index (χ1n) is 6.79. The van der Waals surface area contributed by atoms with E-state index in [0.29, 0.717) is 17.0 Å². The molecule has 1 heterocycles. The van der Waals surface area contributed by atoms with Crippen LogP contribution in [0.15, 0.2) is 0 Å². The van der Waals surface area contributed by atoms with Gasteiger partial charge in [0.2, 0.25) is 5.91 Å². The van der Waals surface area contributed by atoms with Crippen molar-refractivity contribution in [2.75, 3.05) is 34.2 Å². The highest BCUT2D eigenvalue weighted by atomic mass is 16.7. The molecule has 0 aliphatic carbocycles. The Morgan fingerprint density at radius 3 is 2.39 bits per heavy atom. The van der Waals surface area contributed by atoms with Crippen LogP contribution in [0.3, 0.4) is 0 Å². The highest BCUT2D eigenvalue weighted by molar-refractivity contribution is 5.77. The Balaban J connectivity index is 2.48. The van der Waals surface area contributed by atoms with Gasteiger partial charge in [-0.3, -0.25) is 4.79 Å². The lowest BCUT2D eigenvalue weighted by molar-refractivity contribution is -1.07. The summed E-state index contributed by atoms with van der Waals surface area (Å²) in [5.41, 5.74) is 0.236. The lowest BCUT2D eigenvalue weighted by atomic mass is 9.84. The Morgan fingerprint density at radius 2 is 2.00 bits per heavy atom. The molecular weight excluding hydrogens is 228 g/mol. The average Bonchev–Trinajstić information content (AvgIpc) is 2.37. The van der Waals surface area contributed by atoms with Gasteiger partial charge in [-0.1, -0.05) is 20.8 Å². The normalized spacial score (nSPS) is 25.3. The number of carbonyl (C=O) groups is 1. The van der Waals surface area contributed by atoms with Crippen LogP contribution in [0.5, 0.6) is 0 Å². The summed E-state index contributed by atoms with van der Waals surface area (Å²) in [6.45, 7) is 10.4. The van der Waals surface area contributed by atoms with Gasteiger partial charge in [0.1, 0.15) is 6.10 Å². The fraction of sp³-hybridized carbons (Fsp3) is 0.929. The molecule has 0 saturated carbocycles. The van der Waals surface area contributed by atoms with Crippen LogP contribution in [0.2, 0.25) is 0 Å². The van der Waals surface area contributed by atoms with Crippen molar-refractivity contribution < 1.29 is 14.3 Å². The lowest BCUT2D eigenvalue weighted by Gasteiger charge is -2.26. The SMILES string of the molecule is CC1CN(C(=O)C[C@@H](C)O[N+](C)(C)C)CC1(C)C. The first-order valence-corrected chi connectivity index (χ1v) is 6.79. The molecular formula is C14H29N2O2+. The van der Waals surface area contributed by atoms with Gasteiger partial charge in [0.15, 0.2) is 0 Å². The minimum atomic E-state index is -0.0449. The van der Waals surface area contributed by atoms with Crippen LogP contribution in [0.1, 0.15) is 34.1 Å². The van der Waals surface area contributed by atoms with Gasteiger partial charge in [0.25, 0.3) is 0 Å². The molecule has 1 aliphatic rings. The van der Waals surface area contributed by atoms with E-state index < -0.39 is 0 Å². The fourth-order valence-electron chi connectivity index (χ4n) is 2.43. The molecule has 0 aromatic rings. The number of carbonyl (C=O) groups excluding carboxylic acids is 1. The summed E-state index contributed by atoms with van der Waals surface area (Å²) in [5.74, 6) is 0.782. The molecule has 1 saturated heterocycles. The number of nitrogens with zero attached hydrogens (tertiary/aromatic N) is 2. The van der Waals surface area contributed by atoms with Gasteiger partial charge in [-0.25, -0.2) is 4.84 Å². The number of amides is 1. The summed E-state index contributed by atoms with van der Waals surface area (Å²) in [4.78, 5) is 19.9. The van der Waals surface area contributed by atoms with E-state index in [4.69, 9.17) is 4.84 Å². The number of rotatable bonds is 4. The van der Waals surface area contributed by atoms with Crippen LogP contribution >= 0.6 is 0 Å². The van der Waals surface area contributed by atoms with Crippen molar-refractivity contribution in [1.29, 1.82) is 0 Å². The molecule has 1 unspecified atom stereocenters. The molecule has 1 amide bonds. The van der Waals surface area contributed by atoms with Crippen molar-refractivity contribution in [2.24, 2.45) is 11.3 Å². The molecule has 1 fully saturated rings. The maximum absolute atomic E-state index is 12.2. The molecule has 0 bridgehead atoms. The maximum atomic E-state index is 12.2. The summed E-state index contributed by atoms with van der Waals surface area (Å²) < 4.78 is 0.427. The molecule has 4 nitrogen and oxygen atoms in total. The van der Waals surface area contributed by atoms with Crippen LogP contribution < -0.4 is 0 Å². The van der Waals surface area contributed by atoms with Gasteiger partial charge < -0.3 is 4.90 Å². The van der Waals surface area contributed by atoms with E-state index in [1.54, 1.807) is 0 Å². The largest absolute Gasteiger partial charge is 0.342 e. The Kier molecular flexibility index (Phi) is 4.44. The zero-order valence-corrected chi connectivity index (χ0v) is 13.0. The molecule has 0 radical (unpaired) electrons. The Bertz CT molecular complexity index is 307. The second-order valence-corrected chi connectivity index (χ2v) is 7.17. The summed E-state index contributed by atoms with van der Waals surface area (Å²) in [5, 5.41) is 0. The molecule has 2 atom stereocenters. The Labute approximate surface area is 111 Å². The predicted octanol–water partition coefficient (Wildman–Crippen LogP) is 1.91. The van der Waals surface area contributed by atoms with Crippen LogP contribution in [0.4, 0.5) is 0 Å². The van der Waals surface area contributed by atoms with Gasteiger partial charge in [-0.2, -0.15) is 4.65 Å². The molecule has 1 rings (SSSR count). The van der Waals surface area contributed by atoms with E-state index in [-0.39, 0.29) is 17.4 Å². The second-order valence-electron chi connectivity index (χ2n) is 7.17. The average molecular weight is 257 g/mol. The second kappa shape index (κ2) is 5.17. The van der Waals surface area contributed by atoms with E-state index in [0.717, 1.165) is 13.1 Å². The van der Waals surface area contributed by atoms with Crippen LogP contribution in [0.25, 0.3) is 0 Å². The number of hydrogen-bond donors (Lipinski definition) is 0. The summed E-state index contributed by atoms with van der Waals surface area (Å²) in [6, 6.07) is 0. The molecule has 0 N–H and O–H groups in total. The van der Waals surface area contributed by atoms with Crippen molar-refractivity contribution in [3.63, 3.8) is 0 Å². The number of quaternary nitrogens is 1. The van der Waals surface area contributed by atoms with Crippen molar-refractivity contribution in [3.05, 3.63) is 0 Å². The topological polar surface area (TPSA) is 29.5 Å². The van der Waals surface area contributed by atoms with E-state index in [1.165, 1.54) is 0 Å². The first kappa shape index (κ1) is 15.4. The highest BCUT2D eigenvalue weighted by Crippen LogP contribution is 2.34. The fourth-order valence-corrected chi connectivity index (χ4v) is 2.43. The predicted molar refractivity (Wildman–Crippen MR) is 72.7 cm³/mol. The third-order valence-corrected chi connectivity index (χ3v) is 3.74. The number of likely N-dealkylation sites (tertiary alicyclic amines) is 1. The van der Waals surface area contributed by atoms with Crippen LogP contribution in [-0.2, 0) is 9.63 Å². The van der Waals surface area contributed by atoms with Gasteiger partial charge in [0.05, 0.1) is 27.6 Å². The first-order chi connectivity index (χ1) is 8.01. The quantitative estimate of drug-likeness (QED) is 0.569. The number of hydroxylamine groups is 3. The molecule has 1 aliphatic heterocycles. The monoisotopic (exact) mass is 257 g/mol. The van der Waals surface area contributed by atoms with Crippen LogP contribution in [0, 0.1) is 11.3 Å². The molecule has 0 aromatic carbocycles. The lowest BCUT2D eigenvalue weighted by Crippen LogP contribution is -2.40. The molecule has 18 heavy (non-hydrogen) atoms. The Morgan fingerprint density at radius 1 is 1.44 bits per heavy atom. The van der Waals surface area contributed by atoms with Gasteiger partial charge in [0, 0.05) is 13.1 Å². The van der Waals surface area contributed by atoms with Crippen LogP contribution in [-0.4, -0.2) is 55.8 Å². The minimum Gasteiger partial charge on any atom is -0.342 e. The summed E-state index contributed by atoms with van der Waals surface area (Å²) >= 11 is 0. The Hall–Kier alpha value is -0.610. The van der Waals surface area contributed by atoms with Gasteiger partial charge >= 0.3 is 0 Å². The smallest absolute Gasteiger partial charge is 0.225 e. The van der Waals surface area contributed by atoms with Gasteiger partial charge in [-0.05, 0) is 18.3 Å². The van der Waals surface area contributed by atoms with Gasteiger partial charge in [-0.15, -0.1) is 0 Å². The minimum absolute atomic E-state index is 0.0449. The summed E-state index contributed by atoms with van der Waals surface area (Å²) in [7, 11) is 5.88. The standard InChI is InChI=1S/C14H29N2O2/c1-11-9-15(10-14(11,3)4)13(17)8-12(2)18-16(5,6)7/h11-12H,8-10H2,1-7H3/q+1/t11?,12-/m1/s1. The molecule has 0 aromatic heterocycles. The van der Waals surface area contributed by atoms with E-state index in [9.17, 15) is 4.79 Å². The van der Waals surface area contributed by atoms with Crippen molar-refractivity contribution in [3.8, 4) is 0 Å². The number of hydrogen-bond acceptors (Lipinski definition) is 2.